The average Bonchev–Trinajstić information content (AvgIpc) is 3.57. The normalized spacial score (nSPS) is 16.6. The van der Waals surface area contributed by atoms with E-state index < -0.39 is 30.1 Å². The lowest BCUT2D eigenvalue weighted by Gasteiger charge is -2.27. The number of aliphatic carboxylic acids is 1. The molecule has 2 aliphatic rings. The van der Waals surface area contributed by atoms with Crippen molar-refractivity contribution in [2.24, 2.45) is 5.92 Å². The molecule has 7 nitrogen and oxygen atoms in total. The van der Waals surface area contributed by atoms with E-state index in [9.17, 15) is 19.5 Å². The molecule has 2 aromatic carbocycles. The molecular weight excluding hydrogens is 396 g/mol. The smallest absolute Gasteiger partial charge is 0.407 e. The van der Waals surface area contributed by atoms with Crippen LogP contribution in [0.3, 0.4) is 0 Å². The molecule has 162 valence electrons. The van der Waals surface area contributed by atoms with Crippen LogP contribution in [0.25, 0.3) is 11.1 Å². The Morgan fingerprint density at radius 2 is 1.61 bits per heavy atom. The highest BCUT2D eigenvalue weighted by Crippen LogP contribution is 2.44. The van der Waals surface area contributed by atoms with Gasteiger partial charge in [0.05, 0.1) is 0 Å². The van der Waals surface area contributed by atoms with Crippen LogP contribution in [0.5, 0.6) is 0 Å². The van der Waals surface area contributed by atoms with E-state index in [-0.39, 0.29) is 18.4 Å². The van der Waals surface area contributed by atoms with Gasteiger partial charge in [-0.05, 0) is 47.9 Å². The number of alkyl carbamates (subject to hydrolysis) is 1. The van der Waals surface area contributed by atoms with E-state index in [1.165, 1.54) is 14.0 Å². The van der Waals surface area contributed by atoms with E-state index in [0.29, 0.717) is 0 Å². The van der Waals surface area contributed by atoms with Crippen LogP contribution in [0.2, 0.25) is 0 Å². The van der Waals surface area contributed by atoms with Gasteiger partial charge >= 0.3 is 12.1 Å². The molecule has 0 bridgehead atoms. The molecule has 0 aromatic heterocycles. The van der Waals surface area contributed by atoms with Crippen LogP contribution in [0.1, 0.15) is 36.8 Å². The van der Waals surface area contributed by atoms with Crippen LogP contribution < -0.4 is 5.32 Å². The number of hydrogen-bond acceptors (Lipinski definition) is 4. The number of rotatable bonds is 7. The largest absolute Gasteiger partial charge is 0.480 e. The number of amides is 2. The van der Waals surface area contributed by atoms with Crippen LogP contribution >= 0.6 is 0 Å². The molecule has 2 atom stereocenters. The van der Waals surface area contributed by atoms with Gasteiger partial charge < -0.3 is 20.1 Å². The summed E-state index contributed by atoms with van der Waals surface area (Å²) in [6.45, 7) is 1.60. The Hall–Kier alpha value is -3.35. The lowest BCUT2D eigenvalue weighted by atomic mass is 9.98. The summed E-state index contributed by atoms with van der Waals surface area (Å²) < 4.78 is 5.55. The van der Waals surface area contributed by atoms with Gasteiger partial charge in [0.1, 0.15) is 18.7 Å². The lowest BCUT2D eigenvalue weighted by molar-refractivity contribution is -0.149. The molecule has 0 saturated heterocycles. The number of carbonyl (C=O) groups excluding carboxylic acids is 2. The van der Waals surface area contributed by atoms with Gasteiger partial charge in [0.25, 0.3) is 0 Å². The Morgan fingerprint density at radius 3 is 2.13 bits per heavy atom. The monoisotopic (exact) mass is 422 g/mol. The minimum atomic E-state index is -1.09. The molecule has 0 spiro atoms. The average molecular weight is 422 g/mol. The molecule has 1 fully saturated rings. The Morgan fingerprint density at radius 1 is 1.06 bits per heavy atom. The zero-order valence-corrected chi connectivity index (χ0v) is 17.6. The summed E-state index contributed by atoms with van der Waals surface area (Å²) in [5.74, 6) is -1.56. The second-order valence-corrected chi connectivity index (χ2v) is 8.25. The molecule has 1 saturated carbocycles. The fraction of sp³-hybridized carbons (Fsp3) is 0.375. The van der Waals surface area contributed by atoms with Crippen molar-refractivity contribution in [3.63, 3.8) is 0 Å². The number of ether oxygens (including phenoxy) is 1. The van der Waals surface area contributed by atoms with Gasteiger partial charge in [0.15, 0.2) is 0 Å². The molecular formula is C24H26N2O5. The summed E-state index contributed by atoms with van der Waals surface area (Å²) in [5, 5.41) is 11.9. The number of benzene rings is 2. The number of nitrogens with one attached hydrogen (secondary N) is 1. The van der Waals surface area contributed by atoms with Crippen molar-refractivity contribution in [3.05, 3.63) is 59.7 Å². The van der Waals surface area contributed by atoms with Gasteiger partial charge in [-0.2, -0.15) is 0 Å². The minimum absolute atomic E-state index is 0.0106. The molecule has 4 rings (SSSR count). The van der Waals surface area contributed by atoms with Crippen molar-refractivity contribution >= 4 is 18.0 Å². The maximum Gasteiger partial charge on any atom is 0.407 e. The van der Waals surface area contributed by atoms with E-state index in [2.05, 4.69) is 17.4 Å². The number of carboxylic acids is 1. The van der Waals surface area contributed by atoms with Gasteiger partial charge in [-0.1, -0.05) is 48.5 Å². The third-order valence-electron chi connectivity index (χ3n) is 6.26. The third kappa shape index (κ3) is 4.13. The fourth-order valence-electron chi connectivity index (χ4n) is 4.15. The lowest BCUT2D eigenvalue weighted by Crippen LogP contribution is -2.52. The van der Waals surface area contributed by atoms with Crippen molar-refractivity contribution in [1.29, 1.82) is 0 Å². The Kier molecular flexibility index (Phi) is 5.67. The van der Waals surface area contributed by atoms with Crippen molar-refractivity contribution in [3.8, 4) is 11.1 Å². The summed E-state index contributed by atoms with van der Waals surface area (Å²) in [7, 11) is 1.44. The molecule has 1 unspecified atom stereocenters. The van der Waals surface area contributed by atoms with Crippen molar-refractivity contribution < 1.29 is 24.2 Å². The van der Waals surface area contributed by atoms with Crippen LogP contribution in [0.15, 0.2) is 48.5 Å². The van der Waals surface area contributed by atoms with E-state index in [4.69, 9.17) is 4.74 Å². The predicted octanol–water partition coefficient (Wildman–Crippen LogP) is 3.24. The quantitative estimate of drug-likeness (QED) is 0.714. The third-order valence-corrected chi connectivity index (χ3v) is 6.26. The number of hydrogen-bond donors (Lipinski definition) is 2. The molecule has 2 N–H and O–H groups in total. The zero-order chi connectivity index (χ0) is 22.1. The highest BCUT2D eigenvalue weighted by atomic mass is 16.5. The molecule has 2 amide bonds. The summed E-state index contributed by atoms with van der Waals surface area (Å²) in [6, 6.07) is 14.4. The van der Waals surface area contributed by atoms with E-state index in [1.54, 1.807) is 0 Å². The first-order valence-electron chi connectivity index (χ1n) is 10.5. The maximum atomic E-state index is 12.8. The Labute approximate surface area is 181 Å². The second-order valence-electron chi connectivity index (χ2n) is 8.25. The van der Waals surface area contributed by atoms with Gasteiger partial charge in [0.2, 0.25) is 5.91 Å². The number of nitrogens with zero attached hydrogens (tertiary/aromatic N) is 1. The zero-order valence-electron chi connectivity index (χ0n) is 17.6. The number of carboxylic acid groups (broad SMARTS) is 1. The fourth-order valence-corrected chi connectivity index (χ4v) is 4.15. The minimum Gasteiger partial charge on any atom is -0.480 e. The van der Waals surface area contributed by atoms with Gasteiger partial charge in [-0.15, -0.1) is 0 Å². The highest BCUT2D eigenvalue weighted by Gasteiger charge is 2.41. The van der Waals surface area contributed by atoms with Crippen LogP contribution in [-0.2, 0) is 14.3 Å². The standard InChI is InChI=1S/C24H26N2O5/c1-14(23(28)29)26(2)22(27)21(15-11-12-15)25-24(30)31-13-20-18-9-5-3-7-16(18)17-8-4-6-10-19(17)20/h3-10,14-15,20-21H,11-13H2,1-2H3,(H,25,30)(H,28,29)/t14-,21?/m0/s1. The first-order valence-corrected chi connectivity index (χ1v) is 10.5. The van der Waals surface area contributed by atoms with E-state index >= 15 is 0 Å². The molecule has 7 heteroatoms. The molecule has 2 aromatic rings. The van der Waals surface area contributed by atoms with Gasteiger partial charge in [-0.25, -0.2) is 9.59 Å². The van der Waals surface area contributed by atoms with Crippen molar-refractivity contribution in [2.45, 2.75) is 37.8 Å². The molecule has 0 heterocycles. The van der Waals surface area contributed by atoms with Crippen LogP contribution in [0.4, 0.5) is 4.79 Å². The molecule has 31 heavy (non-hydrogen) atoms. The topological polar surface area (TPSA) is 95.9 Å². The molecule has 0 radical (unpaired) electrons. The summed E-state index contributed by atoms with van der Waals surface area (Å²) >= 11 is 0. The number of carbonyl (C=O) groups is 3. The second kappa shape index (κ2) is 8.41. The van der Waals surface area contributed by atoms with Gasteiger partial charge in [0, 0.05) is 13.0 Å². The Bertz CT molecular complexity index is 971. The maximum absolute atomic E-state index is 12.8. The van der Waals surface area contributed by atoms with E-state index in [0.717, 1.165) is 40.0 Å². The first kappa shape index (κ1) is 20.9. The first-order chi connectivity index (χ1) is 14.9. The number of likely N-dealkylation sites (N-methyl/N-ethyl adjacent to an activating group) is 1. The predicted molar refractivity (Wildman–Crippen MR) is 115 cm³/mol. The van der Waals surface area contributed by atoms with E-state index in [1.807, 2.05) is 36.4 Å². The Balaban J connectivity index is 1.43. The summed E-state index contributed by atoms with van der Waals surface area (Å²) in [5.41, 5.74) is 4.51. The SMILES string of the molecule is C[C@@H](C(=O)O)N(C)C(=O)C(NC(=O)OCC1c2ccccc2-c2ccccc21)C1CC1. The van der Waals surface area contributed by atoms with Crippen molar-refractivity contribution in [2.75, 3.05) is 13.7 Å². The van der Waals surface area contributed by atoms with Crippen molar-refractivity contribution in [1.82, 2.24) is 10.2 Å². The van der Waals surface area contributed by atoms with Crippen LogP contribution in [-0.4, -0.2) is 53.7 Å². The summed E-state index contributed by atoms with van der Waals surface area (Å²) in [6.07, 6.45) is 0.966. The van der Waals surface area contributed by atoms with Crippen LogP contribution in [0, 0.1) is 5.92 Å². The molecule has 0 aliphatic heterocycles. The summed E-state index contributed by atoms with van der Waals surface area (Å²) in [4.78, 5) is 37.7. The highest BCUT2D eigenvalue weighted by molar-refractivity contribution is 5.89. The van der Waals surface area contributed by atoms with Gasteiger partial charge in [-0.3, -0.25) is 4.79 Å². The number of fused-ring (bicyclic) bond motifs is 3. The molecule has 2 aliphatic carbocycles.